The van der Waals surface area contributed by atoms with Gasteiger partial charge in [0.1, 0.15) is 11.4 Å². The smallest absolute Gasteiger partial charge is 0.406 e. The van der Waals surface area contributed by atoms with Gasteiger partial charge in [-0.15, -0.1) is 0 Å². The molecule has 4 unspecified atom stereocenters. The summed E-state index contributed by atoms with van der Waals surface area (Å²) in [5.41, 5.74) is 2.58. The Bertz CT molecular complexity index is 1520. The summed E-state index contributed by atoms with van der Waals surface area (Å²) in [5, 5.41) is 3.20. The van der Waals surface area contributed by atoms with Crippen molar-refractivity contribution in [2.45, 2.75) is 83.0 Å². The fraction of sp³-hybridized carbons (Fsp3) is 0.415. The number of ether oxygens (including phenoxy) is 4. The molecule has 9 heteroatoms. The predicted octanol–water partition coefficient (Wildman–Crippen LogP) is 9.60. The zero-order chi connectivity index (χ0) is 35.5. The highest BCUT2D eigenvalue weighted by molar-refractivity contribution is 7.51. The predicted molar refractivity (Wildman–Crippen MR) is 197 cm³/mol. The Labute approximate surface area is 298 Å². The first-order chi connectivity index (χ1) is 24.1. The molecule has 0 radical (unpaired) electrons. The van der Waals surface area contributed by atoms with Gasteiger partial charge in [-0.1, -0.05) is 103 Å². The van der Waals surface area contributed by atoms with Crippen molar-refractivity contribution in [2.75, 3.05) is 26.9 Å². The quantitative estimate of drug-likeness (QED) is 0.0624. The van der Waals surface area contributed by atoms with Crippen molar-refractivity contribution in [3.63, 3.8) is 0 Å². The normalized spacial score (nSPS) is 18.4. The summed E-state index contributed by atoms with van der Waals surface area (Å²) in [7, 11) is -2.00. The van der Waals surface area contributed by atoms with Gasteiger partial charge in [0, 0.05) is 11.6 Å². The third-order valence-electron chi connectivity index (χ3n) is 8.50. The van der Waals surface area contributed by atoms with Crippen molar-refractivity contribution in [1.82, 2.24) is 5.09 Å². The third-order valence-corrected chi connectivity index (χ3v) is 10.6. The Balaban J connectivity index is 1.16. The molecule has 0 bridgehead atoms. The monoisotopic (exact) mass is 701 g/mol. The molecule has 4 aromatic rings. The first-order valence-corrected chi connectivity index (χ1v) is 19.1. The Morgan fingerprint density at radius 1 is 0.800 bits per heavy atom. The maximum Gasteiger partial charge on any atom is 0.406 e. The molecule has 1 saturated heterocycles. The van der Waals surface area contributed by atoms with E-state index in [9.17, 15) is 4.57 Å². The number of hydrogen-bond donors (Lipinski definition) is 1. The Morgan fingerprint density at radius 2 is 1.36 bits per heavy atom. The fourth-order valence-electron chi connectivity index (χ4n) is 6.14. The molecule has 0 spiro atoms. The Kier molecular flexibility index (Phi) is 13.5. The first-order valence-electron chi connectivity index (χ1n) is 17.5. The molecular formula is C41H52NO7P. The molecule has 1 heterocycles. The van der Waals surface area contributed by atoms with Crippen LogP contribution in [-0.4, -0.2) is 44.7 Å². The highest BCUT2D eigenvalue weighted by Gasteiger charge is 2.38. The zero-order valence-corrected chi connectivity index (χ0v) is 30.9. The van der Waals surface area contributed by atoms with Crippen LogP contribution in [0, 0.1) is 0 Å². The Hall–Kier alpha value is -3.33. The lowest BCUT2D eigenvalue weighted by atomic mass is 9.80. The summed E-state index contributed by atoms with van der Waals surface area (Å²) >= 11 is 0. The van der Waals surface area contributed by atoms with Crippen LogP contribution in [0.2, 0.25) is 0 Å². The number of hydrogen-bond acceptors (Lipinski definition) is 7. The summed E-state index contributed by atoms with van der Waals surface area (Å²) in [6, 6.07) is 38.4. The molecule has 8 nitrogen and oxygen atoms in total. The largest absolute Gasteiger partial charge is 0.497 e. The highest BCUT2D eigenvalue weighted by Crippen LogP contribution is 2.48. The van der Waals surface area contributed by atoms with Gasteiger partial charge in [-0.2, -0.15) is 0 Å². The molecule has 1 aliphatic rings. The average Bonchev–Trinajstić information content (AvgIpc) is 3.59. The molecule has 1 fully saturated rings. The molecule has 0 aliphatic carbocycles. The van der Waals surface area contributed by atoms with E-state index in [0.29, 0.717) is 26.1 Å². The lowest BCUT2D eigenvalue weighted by molar-refractivity contribution is -0.0614. The van der Waals surface area contributed by atoms with Gasteiger partial charge in [-0.25, -0.2) is 9.65 Å². The Morgan fingerprint density at radius 3 is 1.88 bits per heavy atom. The van der Waals surface area contributed by atoms with Crippen molar-refractivity contribution in [2.24, 2.45) is 0 Å². The number of rotatable bonds is 18. The van der Waals surface area contributed by atoms with Gasteiger partial charge in [0.2, 0.25) is 0 Å². The van der Waals surface area contributed by atoms with E-state index in [-0.39, 0.29) is 25.0 Å². The number of methoxy groups -OCH3 is 1. The van der Waals surface area contributed by atoms with Crippen LogP contribution in [0.5, 0.6) is 5.75 Å². The molecule has 4 atom stereocenters. The average molecular weight is 702 g/mol. The van der Waals surface area contributed by atoms with Gasteiger partial charge in [0.05, 0.1) is 38.6 Å². The minimum atomic E-state index is -3.65. The minimum absolute atomic E-state index is 0.00680. The van der Waals surface area contributed by atoms with Crippen molar-refractivity contribution in [3.8, 4) is 5.75 Å². The van der Waals surface area contributed by atoms with Crippen LogP contribution in [0.3, 0.4) is 0 Å². The van der Waals surface area contributed by atoms with E-state index in [2.05, 4.69) is 41.5 Å². The van der Waals surface area contributed by atoms with E-state index < -0.39 is 18.9 Å². The van der Waals surface area contributed by atoms with Gasteiger partial charge >= 0.3 is 7.75 Å². The fourth-order valence-corrected chi connectivity index (χ4v) is 8.08. The van der Waals surface area contributed by atoms with Crippen LogP contribution < -0.4 is 9.82 Å². The molecule has 268 valence electrons. The second-order valence-electron chi connectivity index (χ2n) is 13.7. The molecule has 5 rings (SSSR count). The number of unbranched alkanes of at least 4 members (excludes halogenated alkanes) is 1. The molecule has 50 heavy (non-hydrogen) atoms. The van der Waals surface area contributed by atoms with Crippen LogP contribution in [0.25, 0.3) is 0 Å². The molecule has 4 aromatic carbocycles. The third kappa shape index (κ3) is 10.4. The minimum Gasteiger partial charge on any atom is -0.497 e. The van der Waals surface area contributed by atoms with E-state index in [4.69, 9.17) is 28.0 Å². The molecular weight excluding hydrogens is 649 g/mol. The summed E-state index contributed by atoms with van der Waals surface area (Å²) < 4.78 is 50.3. The van der Waals surface area contributed by atoms with Gasteiger partial charge < -0.3 is 18.9 Å². The van der Waals surface area contributed by atoms with Crippen molar-refractivity contribution >= 4 is 7.75 Å². The summed E-state index contributed by atoms with van der Waals surface area (Å²) in [5.74, 6) is 0.796. The lowest BCUT2D eigenvalue weighted by Crippen LogP contribution is -2.35. The molecule has 0 saturated carbocycles. The maximum absolute atomic E-state index is 14.1. The van der Waals surface area contributed by atoms with Crippen LogP contribution in [-0.2, 0) is 33.4 Å². The topological polar surface area (TPSA) is 84.5 Å². The van der Waals surface area contributed by atoms with Crippen molar-refractivity contribution in [3.05, 3.63) is 138 Å². The van der Waals surface area contributed by atoms with Crippen molar-refractivity contribution in [1.29, 1.82) is 0 Å². The van der Waals surface area contributed by atoms with Gasteiger partial charge in [-0.3, -0.25) is 9.05 Å². The molecule has 0 aromatic heterocycles. The standard InChI is InChI=1S/C41H52NO7P/c1-32(28-30-46-41(34-17-9-6-10-18-34,35-19-11-7-12-20-35)36-21-13-8-14-22-36)42-50(43,49-40(2,3)4)47-29-16-15-23-38-31-45-39(48-38)33-24-26-37(44-5)27-25-33/h6-14,17-22,24-27,32,38-39H,15-16,23,28-31H2,1-5H3,(H,42,43). The zero-order valence-electron chi connectivity index (χ0n) is 30.0. The van der Waals surface area contributed by atoms with Crippen LogP contribution in [0.1, 0.15) is 81.9 Å². The molecule has 1 aliphatic heterocycles. The van der Waals surface area contributed by atoms with E-state index in [1.54, 1.807) is 7.11 Å². The van der Waals surface area contributed by atoms with Crippen molar-refractivity contribution < 1.29 is 32.6 Å². The molecule has 0 amide bonds. The van der Waals surface area contributed by atoms with Crippen LogP contribution >= 0.6 is 7.75 Å². The SMILES string of the molecule is COc1ccc(C2OCC(CCCCOP(=O)(NC(C)CCOC(c3ccccc3)(c3ccccc3)c3ccccc3)OC(C)(C)C)O2)cc1. The van der Waals surface area contributed by atoms with E-state index in [1.165, 1.54) is 0 Å². The van der Waals surface area contributed by atoms with Crippen LogP contribution in [0.15, 0.2) is 115 Å². The summed E-state index contributed by atoms with van der Waals surface area (Å²) in [6.45, 7) is 8.83. The number of nitrogens with one attached hydrogen (secondary N) is 1. The van der Waals surface area contributed by atoms with E-state index >= 15 is 0 Å². The summed E-state index contributed by atoms with van der Waals surface area (Å²) in [4.78, 5) is 0. The maximum atomic E-state index is 14.1. The second kappa shape index (κ2) is 17.7. The number of benzene rings is 4. The van der Waals surface area contributed by atoms with Crippen LogP contribution in [0.4, 0.5) is 0 Å². The van der Waals surface area contributed by atoms with Gasteiger partial charge in [0.15, 0.2) is 6.29 Å². The first kappa shape index (κ1) is 37.9. The van der Waals surface area contributed by atoms with E-state index in [1.807, 2.05) is 107 Å². The summed E-state index contributed by atoms with van der Waals surface area (Å²) in [6.07, 6.45) is 2.54. The highest BCUT2D eigenvalue weighted by atomic mass is 31.2. The van der Waals surface area contributed by atoms with Gasteiger partial charge in [0.25, 0.3) is 0 Å². The van der Waals surface area contributed by atoms with Gasteiger partial charge in [-0.05, 0) is 82.2 Å². The van der Waals surface area contributed by atoms with E-state index in [0.717, 1.165) is 40.8 Å². The second-order valence-corrected chi connectivity index (χ2v) is 15.4. The molecule has 1 N–H and O–H groups in total. The lowest BCUT2D eigenvalue weighted by Gasteiger charge is -2.36.